The fourth-order valence-corrected chi connectivity index (χ4v) is 2.92. The van der Waals surface area contributed by atoms with E-state index in [9.17, 15) is 14.9 Å². The van der Waals surface area contributed by atoms with Gasteiger partial charge in [-0.15, -0.1) is 0 Å². The van der Waals surface area contributed by atoms with Crippen molar-refractivity contribution in [2.75, 3.05) is 25.0 Å². The molecule has 1 fully saturated rings. The number of amides is 1. The molecule has 1 aromatic carbocycles. The van der Waals surface area contributed by atoms with Gasteiger partial charge in [0.2, 0.25) is 0 Å². The zero-order chi connectivity index (χ0) is 15.4. The second-order valence-corrected chi connectivity index (χ2v) is 6.03. The Morgan fingerprint density at radius 1 is 1.57 bits per heavy atom. The van der Waals surface area contributed by atoms with Crippen LogP contribution in [0, 0.1) is 16.0 Å². The van der Waals surface area contributed by atoms with Crippen LogP contribution in [0.4, 0.5) is 11.4 Å². The van der Waals surface area contributed by atoms with Gasteiger partial charge in [0.25, 0.3) is 11.6 Å². The molecule has 21 heavy (non-hydrogen) atoms. The predicted molar refractivity (Wildman–Crippen MR) is 80.7 cm³/mol. The van der Waals surface area contributed by atoms with Gasteiger partial charge in [0.05, 0.1) is 18.0 Å². The van der Waals surface area contributed by atoms with Crippen molar-refractivity contribution < 1.29 is 14.6 Å². The van der Waals surface area contributed by atoms with Gasteiger partial charge >= 0.3 is 0 Å². The molecule has 1 heterocycles. The summed E-state index contributed by atoms with van der Waals surface area (Å²) in [7, 11) is 0. The van der Waals surface area contributed by atoms with Gasteiger partial charge in [-0.05, 0) is 25.0 Å². The Morgan fingerprint density at radius 2 is 2.33 bits per heavy atom. The highest BCUT2D eigenvalue weighted by Gasteiger charge is 2.23. The van der Waals surface area contributed by atoms with E-state index in [-0.39, 0.29) is 17.3 Å². The smallest absolute Gasteiger partial charge is 0.292 e. The highest BCUT2D eigenvalue weighted by molar-refractivity contribution is 6.31. The number of likely N-dealkylation sites (tertiary alicyclic amines) is 1. The maximum absolute atomic E-state index is 12.1. The number of rotatable bonds is 4. The number of hydrogen-bond donors (Lipinski definition) is 2. The van der Waals surface area contributed by atoms with Crippen molar-refractivity contribution in [3.05, 3.63) is 33.3 Å². The van der Waals surface area contributed by atoms with E-state index in [2.05, 4.69) is 12.2 Å². The van der Waals surface area contributed by atoms with Crippen LogP contribution in [0.5, 0.6) is 0 Å². The molecular formula is C14H19ClN3O3+. The summed E-state index contributed by atoms with van der Waals surface area (Å²) < 4.78 is 0. The largest absolute Gasteiger partial charge is 0.327 e. The molecule has 2 N–H and O–H groups in total. The van der Waals surface area contributed by atoms with Gasteiger partial charge in [-0.2, -0.15) is 0 Å². The van der Waals surface area contributed by atoms with Crippen LogP contribution >= 0.6 is 11.6 Å². The van der Waals surface area contributed by atoms with Crippen LogP contribution in [-0.4, -0.2) is 30.5 Å². The Morgan fingerprint density at radius 3 is 3.00 bits per heavy atom. The molecule has 6 nitrogen and oxygen atoms in total. The van der Waals surface area contributed by atoms with Gasteiger partial charge in [-0.1, -0.05) is 18.5 Å². The molecule has 7 heteroatoms. The zero-order valence-corrected chi connectivity index (χ0v) is 12.7. The molecular weight excluding hydrogens is 294 g/mol. The monoisotopic (exact) mass is 312 g/mol. The molecule has 0 saturated carbocycles. The first kappa shape index (κ1) is 15.7. The Bertz CT molecular complexity index is 550. The normalized spacial score (nSPS) is 21.8. The van der Waals surface area contributed by atoms with Crippen molar-refractivity contribution >= 4 is 28.9 Å². The van der Waals surface area contributed by atoms with Crippen molar-refractivity contribution in [1.82, 2.24) is 0 Å². The molecule has 0 spiro atoms. The van der Waals surface area contributed by atoms with Crippen molar-refractivity contribution in [1.29, 1.82) is 0 Å². The van der Waals surface area contributed by atoms with Crippen LogP contribution in [0.15, 0.2) is 18.2 Å². The van der Waals surface area contributed by atoms with E-state index in [0.717, 1.165) is 19.5 Å². The Labute approximate surface area is 128 Å². The number of benzene rings is 1. The number of halogens is 1. The van der Waals surface area contributed by atoms with Gasteiger partial charge in [-0.3, -0.25) is 14.9 Å². The average molecular weight is 313 g/mol. The van der Waals surface area contributed by atoms with Crippen molar-refractivity contribution in [3.8, 4) is 0 Å². The minimum absolute atomic E-state index is 0.144. The first-order chi connectivity index (χ1) is 9.95. The van der Waals surface area contributed by atoms with Crippen molar-refractivity contribution in [3.63, 3.8) is 0 Å². The van der Waals surface area contributed by atoms with Gasteiger partial charge in [0, 0.05) is 17.0 Å². The van der Waals surface area contributed by atoms with Crippen LogP contribution < -0.4 is 10.2 Å². The van der Waals surface area contributed by atoms with Crippen LogP contribution in [0.1, 0.15) is 19.8 Å². The number of quaternary nitrogens is 1. The molecule has 1 unspecified atom stereocenters. The summed E-state index contributed by atoms with van der Waals surface area (Å²) in [6.07, 6.45) is 2.31. The number of carbonyl (C=O) groups excluding carboxylic acids is 1. The molecule has 0 aliphatic carbocycles. The fourth-order valence-electron chi connectivity index (χ4n) is 2.75. The molecule has 1 amide bonds. The molecule has 1 aliphatic rings. The first-order valence-electron chi connectivity index (χ1n) is 7.03. The minimum atomic E-state index is -0.526. The number of piperidine rings is 1. The summed E-state index contributed by atoms with van der Waals surface area (Å²) in [6.45, 7) is 4.44. The lowest BCUT2D eigenvalue weighted by Gasteiger charge is -2.27. The molecule has 0 radical (unpaired) electrons. The zero-order valence-electron chi connectivity index (χ0n) is 11.9. The average Bonchev–Trinajstić information content (AvgIpc) is 2.38. The lowest BCUT2D eigenvalue weighted by molar-refractivity contribution is -0.900. The number of anilines is 1. The Kier molecular flexibility index (Phi) is 5.14. The lowest BCUT2D eigenvalue weighted by atomic mass is 10.0. The van der Waals surface area contributed by atoms with E-state index in [4.69, 9.17) is 11.6 Å². The maximum Gasteiger partial charge on any atom is 0.292 e. The summed E-state index contributed by atoms with van der Waals surface area (Å²) in [6, 6.07) is 4.15. The maximum atomic E-state index is 12.1. The molecule has 1 saturated heterocycles. The van der Waals surface area contributed by atoms with Crippen molar-refractivity contribution in [2.24, 2.45) is 5.92 Å². The number of nitrogens with one attached hydrogen (secondary N) is 2. The van der Waals surface area contributed by atoms with E-state index in [1.807, 2.05) is 0 Å². The minimum Gasteiger partial charge on any atom is -0.327 e. The van der Waals surface area contributed by atoms with E-state index in [1.165, 1.54) is 29.5 Å². The number of hydrogen-bond acceptors (Lipinski definition) is 3. The number of nitrogens with zero attached hydrogens (tertiary/aromatic N) is 1. The second-order valence-electron chi connectivity index (χ2n) is 5.60. The first-order valence-corrected chi connectivity index (χ1v) is 7.41. The molecule has 0 aromatic heterocycles. The number of nitro groups is 1. The summed E-state index contributed by atoms with van der Waals surface area (Å²) in [4.78, 5) is 23.7. The third-order valence-electron chi connectivity index (χ3n) is 3.70. The number of carbonyl (C=O) groups is 1. The summed E-state index contributed by atoms with van der Waals surface area (Å²) >= 11 is 5.84. The predicted octanol–water partition coefficient (Wildman–Crippen LogP) is 1.50. The summed E-state index contributed by atoms with van der Waals surface area (Å²) in [5.41, 5.74) is 0.0109. The molecule has 114 valence electrons. The van der Waals surface area contributed by atoms with Gasteiger partial charge < -0.3 is 10.2 Å². The number of nitro benzene ring substituents is 1. The van der Waals surface area contributed by atoms with E-state index < -0.39 is 4.92 Å². The highest BCUT2D eigenvalue weighted by atomic mass is 35.5. The second kappa shape index (κ2) is 6.87. The van der Waals surface area contributed by atoms with Gasteiger partial charge in [-0.25, -0.2) is 0 Å². The van der Waals surface area contributed by atoms with Crippen LogP contribution in [0.2, 0.25) is 5.02 Å². The molecule has 2 rings (SSSR count). The van der Waals surface area contributed by atoms with E-state index in [0.29, 0.717) is 17.5 Å². The van der Waals surface area contributed by atoms with Crippen LogP contribution in [-0.2, 0) is 4.79 Å². The van der Waals surface area contributed by atoms with Gasteiger partial charge in [0.15, 0.2) is 6.54 Å². The molecule has 1 aliphatic heterocycles. The third-order valence-corrected chi connectivity index (χ3v) is 3.94. The third kappa shape index (κ3) is 4.41. The Hall–Kier alpha value is -1.66. The van der Waals surface area contributed by atoms with E-state index in [1.54, 1.807) is 0 Å². The molecule has 2 atom stereocenters. The highest BCUT2D eigenvalue weighted by Crippen LogP contribution is 2.27. The molecule has 0 bridgehead atoms. The summed E-state index contributed by atoms with van der Waals surface area (Å²) in [5, 5.41) is 13.9. The Balaban J connectivity index is 2.02. The molecule has 1 aromatic rings. The summed E-state index contributed by atoms with van der Waals surface area (Å²) in [5.74, 6) is 0.395. The topological polar surface area (TPSA) is 76.7 Å². The van der Waals surface area contributed by atoms with E-state index >= 15 is 0 Å². The standard InChI is InChI=1S/C14H18ClN3O3/c1-10-3-2-6-17(8-10)9-14(19)16-12-7-11(15)4-5-13(12)18(20)21/h4-5,7,10H,2-3,6,8-9H2,1H3,(H,16,19)/p+1/t10-/m0/s1. The van der Waals surface area contributed by atoms with Crippen molar-refractivity contribution in [2.45, 2.75) is 19.8 Å². The quantitative estimate of drug-likeness (QED) is 0.653. The van der Waals surface area contributed by atoms with Crippen LogP contribution in [0.3, 0.4) is 0 Å². The van der Waals surface area contributed by atoms with Crippen LogP contribution in [0.25, 0.3) is 0 Å². The van der Waals surface area contributed by atoms with Gasteiger partial charge in [0.1, 0.15) is 5.69 Å². The lowest BCUT2D eigenvalue weighted by Crippen LogP contribution is -3.14. The SMILES string of the molecule is C[C@H]1CCC[NH+](CC(=O)Nc2cc(Cl)ccc2[N+](=O)[O-])C1. The fraction of sp³-hybridized carbons (Fsp3) is 0.500.